The second kappa shape index (κ2) is 14.7. The Kier molecular flexibility index (Phi) is 8.38. The smallest absolute Gasteiger partial charge is 0.167 e. The molecule has 6 nitrogen and oxygen atoms in total. The first-order valence-corrected chi connectivity index (χ1v) is 20.7. The predicted molar refractivity (Wildman–Crippen MR) is 252 cm³/mol. The molecule has 0 aliphatic heterocycles. The zero-order valence-electron chi connectivity index (χ0n) is 33.4. The second-order valence-corrected chi connectivity index (χ2v) is 15.5. The van der Waals surface area contributed by atoms with Crippen LogP contribution in [0.1, 0.15) is 0 Å². The Morgan fingerprint density at radius 1 is 0.355 bits per heavy atom. The number of para-hydroxylation sites is 2. The minimum Gasteiger partial charge on any atom is -0.455 e. The van der Waals surface area contributed by atoms with E-state index >= 15 is 0 Å². The third-order valence-corrected chi connectivity index (χ3v) is 11.7. The first-order valence-electron chi connectivity index (χ1n) is 20.7. The fourth-order valence-corrected chi connectivity index (χ4v) is 8.74. The van der Waals surface area contributed by atoms with Gasteiger partial charge in [0.1, 0.15) is 17.0 Å². The van der Waals surface area contributed by atoms with Crippen molar-refractivity contribution in [3.05, 3.63) is 212 Å². The first kappa shape index (κ1) is 35.5. The largest absolute Gasteiger partial charge is 0.455 e. The molecule has 12 aromatic rings. The molecule has 0 saturated carbocycles. The Labute approximate surface area is 357 Å². The lowest BCUT2D eigenvalue weighted by molar-refractivity contribution is 0.673. The average molecular weight is 794 g/mol. The van der Waals surface area contributed by atoms with Crippen LogP contribution in [0.5, 0.6) is 0 Å². The van der Waals surface area contributed by atoms with Gasteiger partial charge < -0.3 is 4.42 Å². The summed E-state index contributed by atoms with van der Waals surface area (Å²) in [5, 5.41) is 4.26. The number of aromatic nitrogens is 5. The summed E-state index contributed by atoms with van der Waals surface area (Å²) in [6.45, 7) is 0. The van der Waals surface area contributed by atoms with Gasteiger partial charge in [0, 0.05) is 39.0 Å². The third kappa shape index (κ3) is 6.04. The maximum absolute atomic E-state index is 6.67. The van der Waals surface area contributed by atoms with Crippen molar-refractivity contribution in [2.75, 3.05) is 0 Å². The molecular weight excluding hydrogens is 759 g/mol. The van der Waals surface area contributed by atoms with Crippen LogP contribution in [0.25, 0.3) is 117 Å². The van der Waals surface area contributed by atoms with Crippen LogP contribution in [0.15, 0.2) is 217 Å². The van der Waals surface area contributed by atoms with Gasteiger partial charge in [-0.1, -0.05) is 158 Å². The van der Waals surface area contributed by atoms with Crippen molar-refractivity contribution in [1.82, 2.24) is 24.5 Å². The molecular formula is C56H35N5O. The Balaban J connectivity index is 1.16. The van der Waals surface area contributed by atoms with Crippen molar-refractivity contribution in [3.63, 3.8) is 0 Å². The summed E-state index contributed by atoms with van der Waals surface area (Å²) in [6, 6.07) is 71.3. The molecule has 0 radical (unpaired) electrons. The lowest BCUT2D eigenvalue weighted by Crippen LogP contribution is -2.05. The van der Waals surface area contributed by atoms with Gasteiger partial charge >= 0.3 is 0 Å². The van der Waals surface area contributed by atoms with E-state index in [4.69, 9.17) is 24.4 Å². The zero-order valence-corrected chi connectivity index (χ0v) is 33.4. The normalized spacial score (nSPS) is 11.5. The van der Waals surface area contributed by atoms with Crippen molar-refractivity contribution >= 4 is 43.7 Å². The summed E-state index contributed by atoms with van der Waals surface area (Å²) >= 11 is 0. The lowest BCUT2D eigenvalue weighted by Gasteiger charge is -2.16. The number of pyridine rings is 1. The fourth-order valence-electron chi connectivity index (χ4n) is 8.74. The molecule has 4 heterocycles. The zero-order chi connectivity index (χ0) is 41.0. The Bertz CT molecular complexity index is 3500. The average Bonchev–Trinajstić information content (AvgIpc) is 3.90. The number of rotatable bonds is 7. The van der Waals surface area contributed by atoms with E-state index in [-0.39, 0.29) is 0 Å². The van der Waals surface area contributed by atoms with Gasteiger partial charge in [0.2, 0.25) is 0 Å². The lowest BCUT2D eigenvalue weighted by atomic mass is 9.93. The number of furan rings is 1. The van der Waals surface area contributed by atoms with Crippen LogP contribution in [0, 0.1) is 0 Å². The van der Waals surface area contributed by atoms with E-state index in [1.165, 1.54) is 0 Å². The van der Waals surface area contributed by atoms with E-state index in [2.05, 4.69) is 138 Å². The molecule has 0 saturated heterocycles. The van der Waals surface area contributed by atoms with Gasteiger partial charge in [0.05, 0.1) is 22.0 Å². The number of hydrogen-bond acceptors (Lipinski definition) is 5. The number of hydrogen-bond donors (Lipinski definition) is 0. The van der Waals surface area contributed by atoms with Crippen LogP contribution in [0.2, 0.25) is 0 Å². The SMILES string of the molecule is c1ccc(-c2cc(-c3ccccc3)cc(-c3cnc(-n4c5ccccc5c5c6oc7ccccc7c6ccc54)c(-c4nc(-c5ccccc5)nc(-c5ccccc5)n4)c3)c2)cc1. The van der Waals surface area contributed by atoms with Crippen molar-refractivity contribution < 1.29 is 4.42 Å². The molecule has 0 N–H and O–H groups in total. The topological polar surface area (TPSA) is 69.6 Å². The van der Waals surface area contributed by atoms with Crippen LogP contribution in [-0.2, 0) is 0 Å². The minimum atomic E-state index is 0.514. The Hall–Kier alpha value is -8.48. The molecule has 0 spiro atoms. The van der Waals surface area contributed by atoms with Gasteiger partial charge in [-0.3, -0.25) is 4.57 Å². The highest BCUT2D eigenvalue weighted by molar-refractivity contribution is 6.24. The second-order valence-electron chi connectivity index (χ2n) is 15.5. The molecule has 290 valence electrons. The van der Waals surface area contributed by atoms with Gasteiger partial charge in [0.25, 0.3) is 0 Å². The summed E-state index contributed by atoms with van der Waals surface area (Å²) in [7, 11) is 0. The molecule has 0 unspecified atom stereocenters. The van der Waals surface area contributed by atoms with Gasteiger partial charge in [-0.2, -0.15) is 0 Å². The van der Waals surface area contributed by atoms with Gasteiger partial charge in [-0.25, -0.2) is 19.9 Å². The molecule has 0 fully saturated rings. The molecule has 8 aromatic carbocycles. The summed E-state index contributed by atoms with van der Waals surface area (Å²) in [4.78, 5) is 21.1. The van der Waals surface area contributed by atoms with Gasteiger partial charge in [-0.15, -0.1) is 0 Å². The molecule has 0 amide bonds. The summed E-state index contributed by atoms with van der Waals surface area (Å²) < 4.78 is 8.91. The monoisotopic (exact) mass is 793 g/mol. The van der Waals surface area contributed by atoms with E-state index in [1.807, 2.05) is 79.0 Å². The molecule has 4 aromatic heterocycles. The van der Waals surface area contributed by atoms with Crippen molar-refractivity contribution in [2.45, 2.75) is 0 Å². The molecule has 12 rings (SSSR count). The molecule has 0 atom stereocenters. The third-order valence-electron chi connectivity index (χ3n) is 11.7. The Morgan fingerprint density at radius 2 is 0.855 bits per heavy atom. The maximum Gasteiger partial charge on any atom is 0.167 e. The van der Waals surface area contributed by atoms with E-state index < -0.39 is 0 Å². The fraction of sp³-hybridized carbons (Fsp3) is 0. The quantitative estimate of drug-likeness (QED) is 0.161. The highest BCUT2D eigenvalue weighted by Crippen LogP contribution is 2.43. The van der Waals surface area contributed by atoms with Crippen LogP contribution >= 0.6 is 0 Å². The summed E-state index contributed by atoms with van der Waals surface area (Å²) in [5.74, 6) is 2.37. The van der Waals surface area contributed by atoms with Crippen LogP contribution < -0.4 is 0 Å². The van der Waals surface area contributed by atoms with Crippen LogP contribution in [0.3, 0.4) is 0 Å². The summed E-state index contributed by atoms with van der Waals surface area (Å²) in [5.41, 5.74) is 12.7. The van der Waals surface area contributed by atoms with Crippen LogP contribution in [-0.4, -0.2) is 24.5 Å². The minimum absolute atomic E-state index is 0.514. The van der Waals surface area contributed by atoms with Crippen molar-refractivity contribution in [3.8, 4) is 73.4 Å². The number of nitrogens with zero attached hydrogens (tertiary/aromatic N) is 5. The van der Waals surface area contributed by atoms with E-state index in [9.17, 15) is 0 Å². The standard InChI is InChI=1S/C56H35N5O/c1-5-17-36(18-6-1)40-31-41(37-19-7-2-8-20-37)33-42(32-40)43-34-47(55-59-53(38-21-9-3-10-22-38)58-54(60-55)39-23-11-4-12-24-39)56(57-35-43)61-48-27-15-13-26-46(48)51-49(61)30-29-45-44-25-14-16-28-50(44)62-52(45)51/h1-35H. The highest BCUT2D eigenvalue weighted by atomic mass is 16.3. The Morgan fingerprint density at radius 3 is 1.47 bits per heavy atom. The molecule has 0 bridgehead atoms. The van der Waals surface area contributed by atoms with Crippen molar-refractivity contribution in [2.24, 2.45) is 0 Å². The van der Waals surface area contributed by atoms with E-state index in [0.717, 1.165) is 93.8 Å². The molecule has 62 heavy (non-hydrogen) atoms. The number of benzene rings is 8. The molecule has 0 aliphatic carbocycles. The van der Waals surface area contributed by atoms with Gasteiger partial charge in [-0.05, 0) is 76.3 Å². The first-order chi connectivity index (χ1) is 30.7. The highest BCUT2D eigenvalue weighted by Gasteiger charge is 2.24. The summed E-state index contributed by atoms with van der Waals surface area (Å²) in [6.07, 6.45) is 1.98. The van der Waals surface area contributed by atoms with E-state index in [1.54, 1.807) is 0 Å². The van der Waals surface area contributed by atoms with Gasteiger partial charge in [0.15, 0.2) is 17.5 Å². The van der Waals surface area contributed by atoms with Crippen LogP contribution in [0.4, 0.5) is 0 Å². The van der Waals surface area contributed by atoms with E-state index in [0.29, 0.717) is 23.3 Å². The maximum atomic E-state index is 6.67. The predicted octanol–water partition coefficient (Wildman–Crippen LogP) is 14.3. The number of fused-ring (bicyclic) bond motifs is 7. The van der Waals surface area contributed by atoms with Crippen molar-refractivity contribution in [1.29, 1.82) is 0 Å². The molecule has 6 heteroatoms. The molecule has 0 aliphatic rings.